The Morgan fingerprint density at radius 1 is 1.15 bits per heavy atom. The van der Waals surface area contributed by atoms with Crippen LogP contribution in [0.5, 0.6) is 0 Å². The van der Waals surface area contributed by atoms with Crippen LogP contribution < -0.4 is 10.6 Å². The highest BCUT2D eigenvalue weighted by atomic mass is 35.5. The van der Waals surface area contributed by atoms with Gasteiger partial charge in [0, 0.05) is 28.6 Å². The van der Waals surface area contributed by atoms with E-state index in [1.807, 2.05) is 6.07 Å². The topological polar surface area (TPSA) is 71.1 Å². The summed E-state index contributed by atoms with van der Waals surface area (Å²) in [6, 6.07) is 11.1. The minimum absolute atomic E-state index is 0.00630. The Morgan fingerprint density at radius 3 is 2.69 bits per heavy atom. The van der Waals surface area contributed by atoms with Gasteiger partial charge in [-0.1, -0.05) is 23.7 Å². The lowest BCUT2D eigenvalue weighted by Crippen LogP contribution is -2.13. The zero-order chi connectivity index (χ0) is 18.7. The number of aromatic nitrogens is 1. The summed E-state index contributed by atoms with van der Waals surface area (Å²) in [6.45, 7) is 1.28. The van der Waals surface area contributed by atoms with Gasteiger partial charge in [0.15, 0.2) is 0 Å². The van der Waals surface area contributed by atoms with Crippen LogP contribution in [0.4, 0.5) is 15.8 Å². The number of halogens is 2. The molecule has 0 bridgehead atoms. The van der Waals surface area contributed by atoms with Gasteiger partial charge in [-0.3, -0.25) is 9.59 Å². The lowest BCUT2D eigenvalue weighted by Gasteiger charge is -2.08. The Hall–Kier alpha value is -2.77. The Kier molecular flexibility index (Phi) is 5.29. The molecule has 2 amide bonds. The van der Waals surface area contributed by atoms with Crippen molar-refractivity contribution in [3.05, 3.63) is 64.4 Å². The highest BCUT2D eigenvalue weighted by Gasteiger charge is 2.14. The third-order valence-electron chi connectivity index (χ3n) is 3.34. The van der Waals surface area contributed by atoms with E-state index in [9.17, 15) is 14.0 Å². The second-order valence-electron chi connectivity index (χ2n) is 5.38. The van der Waals surface area contributed by atoms with Gasteiger partial charge in [-0.2, -0.15) is 0 Å². The molecule has 1 heterocycles. The third kappa shape index (κ3) is 4.25. The summed E-state index contributed by atoms with van der Waals surface area (Å²) in [4.78, 5) is 27.8. The van der Waals surface area contributed by atoms with E-state index in [0.29, 0.717) is 15.7 Å². The lowest BCUT2D eigenvalue weighted by molar-refractivity contribution is -0.114. The molecule has 0 saturated heterocycles. The van der Waals surface area contributed by atoms with E-state index in [0.717, 1.165) is 5.56 Å². The molecule has 132 valence electrons. The fraction of sp³-hybridized carbons (Fsp3) is 0.0556. The number of nitrogens with zero attached hydrogens (tertiary/aromatic N) is 1. The monoisotopic (exact) mass is 389 g/mol. The SMILES string of the molecule is CC(=O)Nc1cc(NC(=O)c2csc(-c3cccc(Cl)c3)n2)ccc1F. The fourth-order valence-corrected chi connectivity index (χ4v) is 3.20. The van der Waals surface area contributed by atoms with E-state index in [4.69, 9.17) is 11.6 Å². The van der Waals surface area contributed by atoms with Gasteiger partial charge in [0.05, 0.1) is 5.69 Å². The van der Waals surface area contributed by atoms with Gasteiger partial charge in [-0.05, 0) is 30.3 Å². The van der Waals surface area contributed by atoms with Gasteiger partial charge in [0.25, 0.3) is 5.91 Å². The number of thiazole rings is 1. The van der Waals surface area contributed by atoms with Gasteiger partial charge in [0.2, 0.25) is 5.91 Å². The number of hydrogen-bond acceptors (Lipinski definition) is 4. The van der Waals surface area contributed by atoms with Gasteiger partial charge in [0.1, 0.15) is 16.5 Å². The largest absolute Gasteiger partial charge is 0.324 e. The Morgan fingerprint density at radius 2 is 1.96 bits per heavy atom. The molecule has 0 unspecified atom stereocenters. The van der Waals surface area contributed by atoms with Crippen molar-refractivity contribution in [3.63, 3.8) is 0 Å². The molecule has 0 radical (unpaired) electrons. The van der Waals surface area contributed by atoms with Crippen LogP contribution in [0, 0.1) is 5.82 Å². The smallest absolute Gasteiger partial charge is 0.275 e. The van der Waals surface area contributed by atoms with Gasteiger partial charge in [-0.15, -0.1) is 11.3 Å². The number of hydrogen-bond donors (Lipinski definition) is 2. The number of carbonyl (C=O) groups is 2. The second-order valence-corrected chi connectivity index (χ2v) is 6.67. The highest BCUT2D eigenvalue weighted by Crippen LogP contribution is 2.26. The van der Waals surface area contributed by atoms with Crippen LogP contribution in [0.2, 0.25) is 5.02 Å². The summed E-state index contributed by atoms with van der Waals surface area (Å²) in [7, 11) is 0. The second kappa shape index (κ2) is 7.63. The minimum atomic E-state index is -0.588. The van der Waals surface area contributed by atoms with Gasteiger partial charge in [-0.25, -0.2) is 9.37 Å². The summed E-state index contributed by atoms with van der Waals surface area (Å²) >= 11 is 7.29. The molecule has 0 aliphatic rings. The molecule has 2 aromatic carbocycles. The summed E-state index contributed by atoms with van der Waals surface area (Å²) in [5.41, 5.74) is 1.39. The zero-order valence-electron chi connectivity index (χ0n) is 13.5. The first-order valence-electron chi connectivity index (χ1n) is 7.52. The van der Waals surface area contributed by atoms with Gasteiger partial charge < -0.3 is 10.6 Å². The molecular formula is C18H13ClFN3O2S. The average molecular weight is 390 g/mol. The molecule has 0 spiro atoms. The molecule has 0 saturated carbocycles. The van der Waals surface area contributed by atoms with Crippen molar-refractivity contribution in [2.24, 2.45) is 0 Å². The zero-order valence-corrected chi connectivity index (χ0v) is 15.1. The number of amides is 2. The minimum Gasteiger partial charge on any atom is -0.324 e. The molecule has 0 aliphatic heterocycles. The molecule has 8 heteroatoms. The molecule has 0 fully saturated rings. The van der Waals surface area contributed by atoms with Crippen LogP contribution in [0.1, 0.15) is 17.4 Å². The van der Waals surface area contributed by atoms with E-state index in [1.54, 1.807) is 23.6 Å². The molecule has 1 aromatic heterocycles. The van der Waals surface area contributed by atoms with Crippen LogP contribution in [-0.2, 0) is 4.79 Å². The number of rotatable bonds is 4. The van der Waals surface area contributed by atoms with Crippen molar-refractivity contribution in [2.45, 2.75) is 6.92 Å². The highest BCUT2D eigenvalue weighted by molar-refractivity contribution is 7.13. The van der Waals surface area contributed by atoms with Crippen LogP contribution in [0.25, 0.3) is 10.6 Å². The van der Waals surface area contributed by atoms with Crippen molar-refractivity contribution >= 4 is 46.1 Å². The van der Waals surface area contributed by atoms with Crippen LogP contribution in [-0.4, -0.2) is 16.8 Å². The lowest BCUT2D eigenvalue weighted by atomic mass is 10.2. The first-order chi connectivity index (χ1) is 12.4. The Bertz CT molecular complexity index is 990. The van der Waals surface area contributed by atoms with Gasteiger partial charge >= 0.3 is 0 Å². The predicted octanol–water partition coefficient (Wildman–Crippen LogP) is 4.81. The number of benzene rings is 2. The maximum absolute atomic E-state index is 13.7. The van der Waals surface area contributed by atoms with Crippen LogP contribution >= 0.6 is 22.9 Å². The average Bonchev–Trinajstić information content (AvgIpc) is 3.08. The summed E-state index contributed by atoms with van der Waals surface area (Å²) in [5, 5.41) is 7.88. The summed E-state index contributed by atoms with van der Waals surface area (Å²) in [5.74, 6) is -1.43. The van der Waals surface area contributed by atoms with E-state index in [1.165, 1.54) is 36.5 Å². The van der Waals surface area contributed by atoms with Crippen molar-refractivity contribution in [2.75, 3.05) is 10.6 Å². The van der Waals surface area contributed by atoms with E-state index in [-0.39, 0.29) is 11.4 Å². The van der Waals surface area contributed by atoms with Crippen molar-refractivity contribution < 1.29 is 14.0 Å². The first kappa shape index (κ1) is 18.0. The summed E-state index contributed by atoms with van der Waals surface area (Å²) in [6.07, 6.45) is 0. The molecule has 5 nitrogen and oxygen atoms in total. The molecule has 3 rings (SSSR count). The third-order valence-corrected chi connectivity index (χ3v) is 4.47. The molecule has 2 N–H and O–H groups in total. The summed E-state index contributed by atoms with van der Waals surface area (Å²) < 4.78 is 13.7. The van der Waals surface area contributed by atoms with Crippen molar-refractivity contribution in [1.29, 1.82) is 0 Å². The van der Waals surface area contributed by atoms with Crippen molar-refractivity contribution in [3.8, 4) is 10.6 Å². The molecule has 3 aromatic rings. The standard InChI is InChI=1S/C18H13ClFN3O2S/c1-10(24)21-15-8-13(5-6-14(15)20)22-17(25)16-9-26-18(23-16)11-3-2-4-12(19)7-11/h2-9H,1H3,(H,21,24)(H,22,25). The number of carbonyl (C=O) groups excluding carboxylic acids is 2. The Labute approximate surface area is 157 Å². The molecule has 0 atom stereocenters. The van der Waals surface area contributed by atoms with Crippen molar-refractivity contribution in [1.82, 2.24) is 4.98 Å². The van der Waals surface area contributed by atoms with E-state index < -0.39 is 17.6 Å². The number of nitrogens with one attached hydrogen (secondary N) is 2. The number of anilines is 2. The first-order valence-corrected chi connectivity index (χ1v) is 8.78. The molecule has 26 heavy (non-hydrogen) atoms. The maximum Gasteiger partial charge on any atom is 0.275 e. The normalized spacial score (nSPS) is 10.4. The molecular weight excluding hydrogens is 377 g/mol. The van der Waals surface area contributed by atoms with Crippen LogP contribution in [0.15, 0.2) is 47.8 Å². The quantitative estimate of drug-likeness (QED) is 0.672. The van der Waals surface area contributed by atoms with Crippen LogP contribution in [0.3, 0.4) is 0 Å². The fourth-order valence-electron chi connectivity index (χ4n) is 2.22. The van der Waals surface area contributed by atoms with E-state index >= 15 is 0 Å². The molecule has 0 aliphatic carbocycles. The maximum atomic E-state index is 13.7. The Balaban J connectivity index is 1.78. The van der Waals surface area contributed by atoms with E-state index in [2.05, 4.69) is 15.6 Å². The predicted molar refractivity (Wildman–Crippen MR) is 101 cm³/mol.